The van der Waals surface area contributed by atoms with Gasteiger partial charge in [0.05, 0.1) is 18.8 Å². The van der Waals surface area contributed by atoms with Gasteiger partial charge >= 0.3 is 0 Å². The number of nitrogens with one attached hydrogen (secondary N) is 2. The van der Waals surface area contributed by atoms with E-state index in [-0.39, 0.29) is 0 Å². The number of ether oxygens (including phenoxy) is 1. The van der Waals surface area contributed by atoms with Crippen molar-refractivity contribution in [2.75, 3.05) is 19.7 Å². The SMILES string of the molecule is CCOc1ncccc1CNCc1cc(C2CCNCC2)no1. The Morgan fingerprint density at radius 2 is 2.22 bits per heavy atom. The standard InChI is InChI=1S/C17H24N4O2/c1-2-22-17-14(4-3-7-20-17)11-19-12-15-10-16(21-23-15)13-5-8-18-9-6-13/h3-4,7,10,13,18-19H,2,5-6,8-9,11-12H2,1H3. The molecule has 2 aromatic heterocycles. The summed E-state index contributed by atoms with van der Waals surface area (Å²) in [5.41, 5.74) is 2.13. The van der Waals surface area contributed by atoms with Crippen molar-refractivity contribution < 1.29 is 9.26 Å². The van der Waals surface area contributed by atoms with Crippen LogP contribution in [0.5, 0.6) is 5.88 Å². The number of hydrogen-bond donors (Lipinski definition) is 2. The molecule has 2 N–H and O–H groups in total. The van der Waals surface area contributed by atoms with Crippen LogP contribution in [0.1, 0.15) is 42.7 Å². The van der Waals surface area contributed by atoms with E-state index >= 15 is 0 Å². The smallest absolute Gasteiger partial charge is 0.217 e. The lowest BCUT2D eigenvalue weighted by Crippen LogP contribution is -2.26. The number of pyridine rings is 1. The fraction of sp³-hybridized carbons (Fsp3) is 0.529. The van der Waals surface area contributed by atoms with Crippen LogP contribution in [-0.2, 0) is 13.1 Å². The van der Waals surface area contributed by atoms with Crippen LogP contribution < -0.4 is 15.4 Å². The highest BCUT2D eigenvalue weighted by Gasteiger charge is 2.19. The molecular formula is C17H24N4O2. The zero-order chi connectivity index (χ0) is 15.9. The third-order valence-electron chi connectivity index (χ3n) is 4.08. The predicted octanol–water partition coefficient (Wildman–Crippen LogP) is 2.23. The van der Waals surface area contributed by atoms with E-state index in [1.54, 1.807) is 6.20 Å². The molecule has 124 valence electrons. The molecule has 0 saturated carbocycles. The molecule has 0 amide bonds. The lowest BCUT2D eigenvalue weighted by molar-refractivity contribution is 0.320. The summed E-state index contributed by atoms with van der Waals surface area (Å²) < 4.78 is 11.0. The average molecular weight is 316 g/mol. The Morgan fingerprint density at radius 1 is 1.35 bits per heavy atom. The summed E-state index contributed by atoms with van der Waals surface area (Å²) in [5, 5.41) is 11.0. The minimum absolute atomic E-state index is 0.525. The molecule has 3 heterocycles. The molecule has 1 aliphatic heterocycles. The van der Waals surface area contributed by atoms with Crippen molar-refractivity contribution in [1.82, 2.24) is 20.8 Å². The minimum atomic E-state index is 0.525. The molecule has 6 nitrogen and oxygen atoms in total. The maximum atomic E-state index is 5.53. The number of piperidine rings is 1. The highest BCUT2D eigenvalue weighted by Crippen LogP contribution is 2.24. The predicted molar refractivity (Wildman–Crippen MR) is 87.3 cm³/mol. The van der Waals surface area contributed by atoms with Crippen molar-refractivity contribution in [3.63, 3.8) is 0 Å². The molecule has 2 aromatic rings. The first-order chi connectivity index (χ1) is 11.4. The highest BCUT2D eigenvalue weighted by molar-refractivity contribution is 5.25. The molecule has 0 radical (unpaired) electrons. The van der Waals surface area contributed by atoms with Crippen molar-refractivity contribution in [3.05, 3.63) is 41.4 Å². The van der Waals surface area contributed by atoms with Crippen molar-refractivity contribution in [2.45, 2.75) is 38.8 Å². The molecule has 0 aromatic carbocycles. The second-order valence-corrected chi connectivity index (χ2v) is 5.75. The van der Waals surface area contributed by atoms with E-state index in [2.05, 4.69) is 26.8 Å². The van der Waals surface area contributed by atoms with E-state index < -0.39 is 0 Å². The van der Waals surface area contributed by atoms with Gasteiger partial charge in [-0.05, 0) is 38.9 Å². The summed E-state index contributed by atoms with van der Waals surface area (Å²) in [6.45, 7) is 6.04. The lowest BCUT2D eigenvalue weighted by atomic mass is 9.95. The van der Waals surface area contributed by atoms with Crippen molar-refractivity contribution >= 4 is 0 Å². The van der Waals surface area contributed by atoms with E-state index in [0.717, 1.165) is 42.9 Å². The summed E-state index contributed by atoms with van der Waals surface area (Å²) >= 11 is 0. The summed E-state index contributed by atoms with van der Waals surface area (Å²) in [6, 6.07) is 6.02. The van der Waals surface area contributed by atoms with Crippen LogP contribution in [0.25, 0.3) is 0 Å². The Balaban J connectivity index is 1.52. The molecule has 3 rings (SSSR count). The Hall–Kier alpha value is -1.92. The largest absolute Gasteiger partial charge is 0.478 e. The van der Waals surface area contributed by atoms with Gasteiger partial charge in [0, 0.05) is 30.3 Å². The van der Waals surface area contributed by atoms with Crippen molar-refractivity contribution in [2.24, 2.45) is 0 Å². The number of nitrogens with zero attached hydrogens (tertiary/aromatic N) is 2. The van der Waals surface area contributed by atoms with Crippen LogP contribution in [0.15, 0.2) is 28.9 Å². The second-order valence-electron chi connectivity index (χ2n) is 5.75. The molecule has 0 aliphatic carbocycles. The van der Waals surface area contributed by atoms with Gasteiger partial charge in [-0.3, -0.25) is 0 Å². The van der Waals surface area contributed by atoms with E-state index in [1.165, 1.54) is 0 Å². The molecule has 0 spiro atoms. The Bertz CT molecular complexity index is 608. The minimum Gasteiger partial charge on any atom is -0.478 e. The Labute approximate surface area is 136 Å². The molecule has 0 unspecified atom stereocenters. The normalized spacial score (nSPS) is 15.7. The second kappa shape index (κ2) is 8.08. The van der Waals surface area contributed by atoms with Crippen LogP contribution in [-0.4, -0.2) is 29.8 Å². The lowest BCUT2D eigenvalue weighted by Gasteiger charge is -2.19. The maximum absolute atomic E-state index is 5.53. The van der Waals surface area contributed by atoms with Gasteiger partial charge in [-0.15, -0.1) is 0 Å². The van der Waals surface area contributed by atoms with E-state index in [9.17, 15) is 0 Å². The van der Waals surface area contributed by atoms with Gasteiger partial charge in [-0.1, -0.05) is 11.2 Å². The summed E-state index contributed by atoms with van der Waals surface area (Å²) in [7, 11) is 0. The Morgan fingerprint density at radius 3 is 3.04 bits per heavy atom. The topological polar surface area (TPSA) is 72.2 Å². The van der Waals surface area contributed by atoms with E-state index in [1.807, 2.05) is 19.1 Å². The Kier molecular flexibility index (Phi) is 5.60. The maximum Gasteiger partial charge on any atom is 0.217 e. The third kappa shape index (κ3) is 4.30. The average Bonchev–Trinajstić information content (AvgIpc) is 3.06. The summed E-state index contributed by atoms with van der Waals surface area (Å²) in [4.78, 5) is 4.26. The van der Waals surface area contributed by atoms with Crippen LogP contribution in [0.3, 0.4) is 0 Å². The van der Waals surface area contributed by atoms with Gasteiger partial charge in [-0.2, -0.15) is 0 Å². The third-order valence-corrected chi connectivity index (χ3v) is 4.08. The van der Waals surface area contributed by atoms with Crippen LogP contribution in [0.2, 0.25) is 0 Å². The van der Waals surface area contributed by atoms with Gasteiger partial charge in [0.15, 0.2) is 5.76 Å². The summed E-state index contributed by atoms with van der Waals surface area (Å²) in [5.74, 6) is 2.09. The number of hydrogen-bond acceptors (Lipinski definition) is 6. The molecule has 23 heavy (non-hydrogen) atoms. The molecule has 0 atom stereocenters. The quantitative estimate of drug-likeness (QED) is 0.816. The van der Waals surface area contributed by atoms with Crippen LogP contribution in [0, 0.1) is 0 Å². The van der Waals surface area contributed by atoms with Crippen LogP contribution >= 0.6 is 0 Å². The monoisotopic (exact) mass is 316 g/mol. The van der Waals surface area contributed by atoms with Gasteiger partial charge < -0.3 is 19.9 Å². The molecule has 1 aliphatic rings. The molecule has 0 bridgehead atoms. The first-order valence-electron chi connectivity index (χ1n) is 8.30. The van der Waals surface area contributed by atoms with Gasteiger partial charge in [0.2, 0.25) is 5.88 Å². The molecule has 6 heteroatoms. The van der Waals surface area contributed by atoms with Crippen LogP contribution in [0.4, 0.5) is 0 Å². The van der Waals surface area contributed by atoms with Gasteiger partial charge in [0.1, 0.15) is 0 Å². The summed E-state index contributed by atoms with van der Waals surface area (Å²) in [6.07, 6.45) is 4.01. The van der Waals surface area contributed by atoms with Gasteiger partial charge in [-0.25, -0.2) is 4.98 Å². The molecular weight excluding hydrogens is 292 g/mol. The number of rotatable bonds is 7. The first kappa shape index (κ1) is 16.0. The van der Waals surface area contributed by atoms with E-state index in [4.69, 9.17) is 9.26 Å². The molecule has 1 fully saturated rings. The zero-order valence-electron chi connectivity index (χ0n) is 13.5. The zero-order valence-corrected chi connectivity index (χ0v) is 13.5. The van der Waals surface area contributed by atoms with E-state index in [0.29, 0.717) is 31.5 Å². The van der Waals surface area contributed by atoms with Gasteiger partial charge in [0.25, 0.3) is 0 Å². The fourth-order valence-electron chi connectivity index (χ4n) is 2.87. The molecule has 1 saturated heterocycles. The fourth-order valence-corrected chi connectivity index (χ4v) is 2.87. The van der Waals surface area contributed by atoms with Crippen molar-refractivity contribution in [1.29, 1.82) is 0 Å². The van der Waals surface area contributed by atoms with Crippen molar-refractivity contribution in [3.8, 4) is 5.88 Å². The number of aromatic nitrogens is 2. The highest BCUT2D eigenvalue weighted by atomic mass is 16.5. The first-order valence-corrected chi connectivity index (χ1v) is 8.30.